The zero-order valence-corrected chi connectivity index (χ0v) is 17.3. The normalized spacial score (nSPS) is 20.4. The summed E-state index contributed by atoms with van der Waals surface area (Å²) in [5.41, 5.74) is 9.91. The van der Waals surface area contributed by atoms with Gasteiger partial charge in [-0.1, -0.05) is 70.8 Å². The van der Waals surface area contributed by atoms with Crippen LogP contribution in [0.4, 0.5) is 11.4 Å². The summed E-state index contributed by atoms with van der Waals surface area (Å²) in [5, 5.41) is 3.24. The fourth-order valence-electron chi connectivity index (χ4n) is 4.96. The molecule has 0 radical (unpaired) electrons. The van der Waals surface area contributed by atoms with Crippen molar-refractivity contribution in [1.29, 1.82) is 0 Å². The van der Waals surface area contributed by atoms with Gasteiger partial charge in [0.05, 0.1) is 23.3 Å². The molecule has 0 saturated heterocycles. The number of nitrogens with two attached hydrogens (primary N) is 1. The van der Waals surface area contributed by atoms with E-state index in [1.54, 1.807) is 6.08 Å². The Morgan fingerprint density at radius 2 is 1.50 bits per heavy atom. The average molecular weight is 384 g/mol. The molecule has 28 heavy (non-hydrogen) atoms. The molecule has 0 aromatic carbocycles. The molecule has 0 aliphatic heterocycles. The second-order valence-electron chi connectivity index (χ2n) is 8.66. The topological polar surface area (TPSA) is 68.0 Å². The molecule has 4 heteroatoms. The third-order valence-electron chi connectivity index (χ3n) is 6.63. The molecule has 4 nitrogen and oxygen atoms in total. The maximum Gasteiger partial charge on any atom is 0.227 e. The van der Waals surface area contributed by atoms with Crippen LogP contribution in [0.15, 0.2) is 12.8 Å². The monoisotopic (exact) mass is 383 g/mol. The number of pyridine rings is 1. The van der Waals surface area contributed by atoms with E-state index in [2.05, 4.69) is 16.9 Å². The van der Waals surface area contributed by atoms with Gasteiger partial charge in [0.2, 0.25) is 5.91 Å². The highest BCUT2D eigenvalue weighted by atomic mass is 16.1. The fourth-order valence-corrected chi connectivity index (χ4v) is 4.96. The number of hydrogen-bond donors (Lipinski definition) is 2. The Hall–Kier alpha value is -1.84. The first kappa shape index (κ1) is 20.9. The second-order valence-corrected chi connectivity index (χ2v) is 8.66. The zero-order chi connectivity index (χ0) is 19.8. The minimum Gasteiger partial charge on any atom is -0.397 e. The highest BCUT2D eigenvalue weighted by Gasteiger charge is 2.25. The summed E-state index contributed by atoms with van der Waals surface area (Å²) in [6, 6.07) is 0. The maximum absolute atomic E-state index is 13.1. The molecule has 3 N–H and O–H groups in total. The lowest BCUT2D eigenvalue weighted by molar-refractivity contribution is -0.120. The largest absolute Gasteiger partial charge is 0.397 e. The van der Waals surface area contributed by atoms with Crippen molar-refractivity contribution in [2.24, 2.45) is 5.92 Å². The Morgan fingerprint density at radius 1 is 0.964 bits per heavy atom. The number of aromatic nitrogens is 1. The fraction of sp³-hybridized carbons (Fsp3) is 0.667. The van der Waals surface area contributed by atoms with E-state index < -0.39 is 0 Å². The van der Waals surface area contributed by atoms with E-state index in [-0.39, 0.29) is 11.8 Å². The molecule has 1 aromatic heterocycles. The van der Waals surface area contributed by atoms with Gasteiger partial charge in [-0.25, -0.2) is 0 Å². The van der Waals surface area contributed by atoms with Crippen LogP contribution in [0.5, 0.6) is 0 Å². The van der Waals surface area contributed by atoms with Crippen molar-refractivity contribution in [2.45, 2.75) is 95.8 Å². The minimum absolute atomic E-state index is 0.116. The Labute approximate surface area is 170 Å². The average Bonchev–Trinajstić information content (AvgIpc) is 2.62. The summed E-state index contributed by atoms with van der Waals surface area (Å²) in [4.78, 5) is 17.5. The van der Waals surface area contributed by atoms with Crippen LogP contribution in [0.1, 0.15) is 107 Å². The molecular weight excluding hydrogens is 346 g/mol. The van der Waals surface area contributed by atoms with Crippen LogP contribution in [0.25, 0.3) is 6.08 Å². The van der Waals surface area contributed by atoms with E-state index in [1.165, 1.54) is 51.4 Å². The lowest BCUT2D eigenvalue weighted by Crippen LogP contribution is -2.25. The third-order valence-corrected chi connectivity index (χ3v) is 6.63. The first-order chi connectivity index (χ1) is 13.7. The van der Waals surface area contributed by atoms with Crippen LogP contribution >= 0.6 is 0 Å². The number of anilines is 2. The summed E-state index contributed by atoms with van der Waals surface area (Å²) in [6.07, 6.45) is 20.3. The molecule has 2 saturated carbocycles. The van der Waals surface area contributed by atoms with Gasteiger partial charge in [0.25, 0.3) is 0 Å². The Bertz CT molecular complexity index is 654. The van der Waals surface area contributed by atoms with Crippen molar-refractivity contribution in [3.63, 3.8) is 0 Å². The predicted molar refractivity (Wildman–Crippen MR) is 118 cm³/mol. The highest BCUT2D eigenvalue weighted by molar-refractivity contribution is 5.94. The molecule has 0 unspecified atom stereocenters. The van der Waals surface area contributed by atoms with Gasteiger partial charge in [0, 0.05) is 11.5 Å². The standard InChI is InChI=1S/C24H37N3O/c1-2-20-23(25)22(18-13-9-5-3-6-10-14-18)21(17-26-20)27-24(28)19-15-11-7-4-8-12-16-19/h2,17-19H,1,3-16,25H2,(H,27,28). The van der Waals surface area contributed by atoms with Gasteiger partial charge in [-0.2, -0.15) is 0 Å². The van der Waals surface area contributed by atoms with Crippen molar-refractivity contribution in [3.8, 4) is 0 Å². The molecule has 2 aliphatic rings. The lowest BCUT2D eigenvalue weighted by Gasteiger charge is -2.26. The number of nitrogen functional groups attached to an aromatic ring is 1. The van der Waals surface area contributed by atoms with Gasteiger partial charge in [-0.15, -0.1) is 0 Å². The molecule has 0 spiro atoms. The Balaban J connectivity index is 1.83. The van der Waals surface area contributed by atoms with Crippen molar-refractivity contribution in [1.82, 2.24) is 4.98 Å². The van der Waals surface area contributed by atoms with Gasteiger partial charge in [-0.3, -0.25) is 9.78 Å². The molecule has 1 heterocycles. The maximum atomic E-state index is 13.1. The van der Waals surface area contributed by atoms with Crippen LogP contribution in [0.2, 0.25) is 0 Å². The summed E-state index contributed by atoms with van der Waals surface area (Å²) in [6.45, 7) is 3.87. The van der Waals surface area contributed by atoms with Crippen molar-refractivity contribution in [2.75, 3.05) is 11.1 Å². The molecule has 2 fully saturated rings. The van der Waals surface area contributed by atoms with E-state index in [0.717, 1.165) is 55.5 Å². The van der Waals surface area contributed by atoms with Gasteiger partial charge in [0.1, 0.15) is 0 Å². The predicted octanol–water partition coefficient (Wildman–Crippen LogP) is 6.43. The SMILES string of the molecule is C=Cc1ncc(NC(=O)C2CCCCCCC2)c(C2CCCCCCC2)c1N. The minimum atomic E-state index is 0.116. The van der Waals surface area contributed by atoms with Gasteiger partial charge < -0.3 is 11.1 Å². The zero-order valence-electron chi connectivity index (χ0n) is 17.3. The number of hydrogen-bond acceptors (Lipinski definition) is 3. The molecule has 1 aromatic rings. The number of nitrogens with one attached hydrogen (secondary N) is 1. The van der Waals surface area contributed by atoms with Crippen molar-refractivity contribution >= 4 is 23.4 Å². The summed E-state index contributed by atoms with van der Waals surface area (Å²) >= 11 is 0. The van der Waals surface area contributed by atoms with Crippen LogP contribution in [-0.4, -0.2) is 10.9 Å². The molecule has 0 atom stereocenters. The Morgan fingerprint density at radius 3 is 2.07 bits per heavy atom. The van der Waals surface area contributed by atoms with E-state index in [1.807, 2.05) is 6.20 Å². The van der Waals surface area contributed by atoms with E-state index in [0.29, 0.717) is 11.6 Å². The van der Waals surface area contributed by atoms with Gasteiger partial charge in [-0.05, 0) is 37.7 Å². The molecular formula is C24H37N3O. The first-order valence-electron chi connectivity index (χ1n) is 11.4. The first-order valence-corrected chi connectivity index (χ1v) is 11.4. The Kier molecular flexibility index (Phi) is 7.93. The lowest BCUT2D eigenvalue weighted by atomic mass is 9.84. The van der Waals surface area contributed by atoms with E-state index >= 15 is 0 Å². The summed E-state index contributed by atoms with van der Waals surface area (Å²) in [5.74, 6) is 0.668. The van der Waals surface area contributed by atoms with Gasteiger partial charge in [0.15, 0.2) is 0 Å². The summed E-state index contributed by atoms with van der Waals surface area (Å²) in [7, 11) is 0. The number of carbonyl (C=O) groups is 1. The third kappa shape index (κ3) is 5.36. The van der Waals surface area contributed by atoms with Crippen molar-refractivity contribution < 1.29 is 4.79 Å². The quantitative estimate of drug-likeness (QED) is 0.629. The smallest absolute Gasteiger partial charge is 0.227 e. The molecule has 0 bridgehead atoms. The van der Waals surface area contributed by atoms with Gasteiger partial charge >= 0.3 is 0 Å². The number of carbonyl (C=O) groups excluding carboxylic acids is 1. The van der Waals surface area contributed by atoms with Crippen LogP contribution in [0, 0.1) is 5.92 Å². The van der Waals surface area contributed by atoms with Crippen LogP contribution < -0.4 is 11.1 Å². The van der Waals surface area contributed by atoms with Crippen molar-refractivity contribution in [3.05, 3.63) is 24.0 Å². The molecule has 1 amide bonds. The number of rotatable bonds is 4. The molecule has 154 valence electrons. The number of nitrogens with zero attached hydrogens (tertiary/aromatic N) is 1. The molecule has 3 rings (SSSR count). The highest BCUT2D eigenvalue weighted by Crippen LogP contribution is 2.39. The second kappa shape index (κ2) is 10.6. The molecule has 2 aliphatic carbocycles. The van der Waals surface area contributed by atoms with E-state index in [4.69, 9.17) is 5.73 Å². The summed E-state index contributed by atoms with van der Waals surface area (Å²) < 4.78 is 0. The number of amides is 1. The van der Waals surface area contributed by atoms with Crippen LogP contribution in [0.3, 0.4) is 0 Å². The van der Waals surface area contributed by atoms with E-state index in [9.17, 15) is 4.79 Å². The van der Waals surface area contributed by atoms with Crippen LogP contribution in [-0.2, 0) is 4.79 Å².